The highest BCUT2D eigenvalue weighted by atomic mass is 19.4. The van der Waals surface area contributed by atoms with Gasteiger partial charge in [-0.15, -0.1) is 0 Å². The highest BCUT2D eigenvalue weighted by Crippen LogP contribution is 2.29. The van der Waals surface area contributed by atoms with Gasteiger partial charge in [0.25, 0.3) is 0 Å². The number of hydrogen-bond acceptors (Lipinski definition) is 1. The molecule has 0 atom stereocenters. The molecule has 0 aromatic heterocycles. The van der Waals surface area contributed by atoms with Gasteiger partial charge in [-0.3, -0.25) is 4.79 Å². The van der Waals surface area contributed by atoms with E-state index in [2.05, 4.69) is 0 Å². The summed E-state index contributed by atoms with van der Waals surface area (Å²) in [5.74, 6) is 0.00257. The second-order valence-electron chi connectivity index (χ2n) is 4.37. The molecule has 0 bridgehead atoms. The first-order valence-electron chi connectivity index (χ1n) is 6.11. The summed E-state index contributed by atoms with van der Waals surface area (Å²) in [6, 6.07) is 4.98. The van der Waals surface area contributed by atoms with Gasteiger partial charge in [-0.05, 0) is 18.1 Å². The Morgan fingerprint density at radius 3 is 2.56 bits per heavy atom. The molecular weight excluding hydrogens is 241 g/mol. The van der Waals surface area contributed by atoms with E-state index < -0.39 is 11.7 Å². The van der Waals surface area contributed by atoms with Crippen LogP contribution in [0.2, 0.25) is 0 Å². The van der Waals surface area contributed by atoms with Crippen molar-refractivity contribution in [3.8, 4) is 0 Å². The van der Waals surface area contributed by atoms with Crippen LogP contribution >= 0.6 is 0 Å². The molecule has 1 nitrogen and oxygen atoms in total. The average molecular weight is 258 g/mol. The van der Waals surface area contributed by atoms with E-state index in [1.807, 2.05) is 6.92 Å². The van der Waals surface area contributed by atoms with E-state index in [4.69, 9.17) is 0 Å². The van der Waals surface area contributed by atoms with Crippen LogP contribution in [0.4, 0.5) is 13.2 Å². The normalized spacial score (nSPS) is 11.6. The largest absolute Gasteiger partial charge is 0.416 e. The van der Waals surface area contributed by atoms with Crippen molar-refractivity contribution < 1.29 is 18.0 Å². The standard InChI is InChI=1S/C14H17F3O/c1-2-3-4-8-13(18)10-11-6-5-7-12(9-11)14(15,16)17/h5-7,9H,2-4,8,10H2,1H3. The van der Waals surface area contributed by atoms with Crippen LogP contribution in [0.15, 0.2) is 24.3 Å². The minimum Gasteiger partial charge on any atom is -0.299 e. The van der Waals surface area contributed by atoms with Crippen LogP contribution < -0.4 is 0 Å². The van der Waals surface area contributed by atoms with E-state index in [9.17, 15) is 18.0 Å². The highest BCUT2D eigenvalue weighted by Gasteiger charge is 2.30. The molecule has 0 heterocycles. The summed E-state index contributed by atoms with van der Waals surface area (Å²) >= 11 is 0. The quantitative estimate of drug-likeness (QED) is 0.691. The van der Waals surface area contributed by atoms with Crippen LogP contribution in [0.3, 0.4) is 0 Å². The lowest BCUT2D eigenvalue weighted by molar-refractivity contribution is -0.137. The summed E-state index contributed by atoms with van der Waals surface area (Å²) in [7, 11) is 0. The van der Waals surface area contributed by atoms with Gasteiger partial charge in [0.05, 0.1) is 5.56 Å². The van der Waals surface area contributed by atoms with E-state index in [0.29, 0.717) is 12.0 Å². The molecule has 0 aliphatic carbocycles. The van der Waals surface area contributed by atoms with E-state index in [1.165, 1.54) is 6.07 Å². The topological polar surface area (TPSA) is 17.1 Å². The molecule has 0 aliphatic rings. The summed E-state index contributed by atoms with van der Waals surface area (Å²) in [5, 5.41) is 0. The number of rotatable bonds is 6. The number of ketones is 1. The smallest absolute Gasteiger partial charge is 0.299 e. The number of halogens is 3. The first-order chi connectivity index (χ1) is 8.43. The molecule has 0 saturated carbocycles. The molecule has 0 N–H and O–H groups in total. The number of alkyl halides is 3. The van der Waals surface area contributed by atoms with Gasteiger partial charge >= 0.3 is 6.18 Å². The molecule has 1 aromatic carbocycles. The minimum absolute atomic E-state index is 0.00257. The number of carbonyl (C=O) groups is 1. The molecule has 4 heteroatoms. The lowest BCUT2D eigenvalue weighted by Gasteiger charge is -2.08. The van der Waals surface area contributed by atoms with Crippen molar-refractivity contribution in [1.82, 2.24) is 0 Å². The summed E-state index contributed by atoms with van der Waals surface area (Å²) in [6.07, 6.45) is -0.988. The molecule has 0 aliphatic heterocycles. The second-order valence-corrected chi connectivity index (χ2v) is 4.37. The minimum atomic E-state index is -4.35. The maximum atomic E-state index is 12.5. The number of hydrogen-bond donors (Lipinski definition) is 0. The molecule has 1 aromatic rings. The Morgan fingerprint density at radius 2 is 1.94 bits per heavy atom. The monoisotopic (exact) mass is 258 g/mol. The number of carbonyl (C=O) groups excluding carboxylic acids is 1. The van der Waals surface area contributed by atoms with Crippen molar-refractivity contribution in [3.63, 3.8) is 0 Å². The zero-order valence-corrected chi connectivity index (χ0v) is 10.4. The van der Waals surface area contributed by atoms with Crippen LogP contribution in [-0.2, 0) is 17.4 Å². The number of unbranched alkanes of at least 4 members (excludes halogenated alkanes) is 2. The molecular formula is C14H17F3O. The number of benzene rings is 1. The number of Topliss-reactive ketones (excluding diaryl/α,β-unsaturated/α-hetero) is 1. The maximum absolute atomic E-state index is 12.5. The van der Waals surface area contributed by atoms with Gasteiger partial charge in [0.1, 0.15) is 5.78 Å². The Bertz CT molecular complexity index is 396. The SMILES string of the molecule is CCCCCC(=O)Cc1cccc(C(F)(F)F)c1. The first-order valence-corrected chi connectivity index (χ1v) is 6.11. The third-order valence-corrected chi connectivity index (χ3v) is 2.71. The molecule has 0 unspecified atom stereocenters. The van der Waals surface area contributed by atoms with Crippen molar-refractivity contribution in [3.05, 3.63) is 35.4 Å². The van der Waals surface area contributed by atoms with E-state index in [0.717, 1.165) is 31.4 Å². The Balaban J connectivity index is 2.60. The molecule has 0 saturated heterocycles. The summed E-state index contributed by atoms with van der Waals surface area (Å²) in [6.45, 7) is 2.04. The molecule has 100 valence electrons. The molecule has 0 spiro atoms. The summed E-state index contributed by atoms with van der Waals surface area (Å²) < 4.78 is 37.4. The predicted octanol–water partition coefficient (Wildman–Crippen LogP) is 4.40. The molecule has 0 fully saturated rings. The molecule has 0 radical (unpaired) electrons. The Hall–Kier alpha value is -1.32. The Kier molecular flexibility index (Phi) is 5.38. The van der Waals surface area contributed by atoms with Gasteiger partial charge in [0, 0.05) is 12.8 Å². The third-order valence-electron chi connectivity index (χ3n) is 2.71. The third kappa shape index (κ3) is 4.90. The fourth-order valence-corrected chi connectivity index (χ4v) is 1.75. The van der Waals surface area contributed by atoms with Crippen LogP contribution in [-0.4, -0.2) is 5.78 Å². The molecule has 1 rings (SSSR count). The second kappa shape index (κ2) is 6.57. The van der Waals surface area contributed by atoms with Gasteiger partial charge in [-0.1, -0.05) is 38.0 Å². The maximum Gasteiger partial charge on any atom is 0.416 e. The Morgan fingerprint density at radius 1 is 1.22 bits per heavy atom. The van der Waals surface area contributed by atoms with E-state index >= 15 is 0 Å². The fourth-order valence-electron chi connectivity index (χ4n) is 1.75. The first kappa shape index (κ1) is 14.7. The van der Waals surface area contributed by atoms with E-state index in [-0.39, 0.29) is 12.2 Å². The lowest BCUT2D eigenvalue weighted by atomic mass is 10.0. The van der Waals surface area contributed by atoms with Crippen molar-refractivity contribution in [2.24, 2.45) is 0 Å². The van der Waals surface area contributed by atoms with Gasteiger partial charge in [-0.2, -0.15) is 13.2 Å². The van der Waals surface area contributed by atoms with Crippen LogP contribution in [0.25, 0.3) is 0 Å². The van der Waals surface area contributed by atoms with Crippen molar-refractivity contribution in [2.75, 3.05) is 0 Å². The van der Waals surface area contributed by atoms with Crippen molar-refractivity contribution in [1.29, 1.82) is 0 Å². The predicted molar refractivity (Wildman–Crippen MR) is 64.3 cm³/mol. The van der Waals surface area contributed by atoms with Crippen LogP contribution in [0, 0.1) is 0 Å². The van der Waals surface area contributed by atoms with Crippen LogP contribution in [0.1, 0.15) is 43.7 Å². The van der Waals surface area contributed by atoms with Crippen LogP contribution in [0.5, 0.6) is 0 Å². The average Bonchev–Trinajstić information content (AvgIpc) is 2.28. The molecule has 18 heavy (non-hydrogen) atoms. The van der Waals surface area contributed by atoms with Gasteiger partial charge < -0.3 is 0 Å². The molecule has 0 amide bonds. The summed E-state index contributed by atoms with van der Waals surface area (Å²) in [4.78, 5) is 11.6. The van der Waals surface area contributed by atoms with Gasteiger partial charge in [-0.25, -0.2) is 0 Å². The van der Waals surface area contributed by atoms with Gasteiger partial charge in [0.15, 0.2) is 0 Å². The fraction of sp³-hybridized carbons (Fsp3) is 0.500. The Labute approximate surface area is 105 Å². The van der Waals surface area contributed by atoms with Crippen molar-refractivity contribution >= 4 is 5.78 Å². The van der Waals surface area contributed by atoms with Crippen molar-refractivity contribution in [2.45, 2.75) is 45.2 Å². The van der Waals surface area contributed by atoms with Gasteiger partial charge in [0.2, 0.25) is 0 Å². The lowest BCUT2D eigenvalue weighted by Crippen LogP contribution is -2.07. The highest BCUT2D eigenvalue weighted by molar-refractivity contribution is 5.80. The zero-order chi connectivity index (χ0) is 13.6. The zero-order valence-electron chi connectivity index (χ0n) is 10.4. The van der Waals surface area contributed by atoms with E-state index in [1.54, 1.807) is 6.07 Å². The summed E-state index contributed by atoms with van der Waals surface area (Å²) in [5.41, 5.74) is -0.257.